The van der Waals surface area contributed by atoms with Crippen LogP contribution < -0.4 is 5.32 Å². The van der Waals surface area contributed by atoms with Gasteiger partial charge >= 0.3 is 0 Å². The van der Waals surface area contributed by atoms with Crippen LogP contribution in [0.5, 0.6) is 0 Å². The molecule has 0 aromatic heterocycles. The summed E-state index contributed by atoms with van der Waals surface area (Å²) < 4.78 is 5.64. The van der Waals surface area contributed by atoms with Gasteiger partial charge in [0.15, 0.2) is 0 Å². The molecule has 0 aliphatic carbocycles. The molecule has 2 saturated heterocycles. The van der Waals surface area contributed by atoms with Crippen LogP contribution >= 0.6 is 0 Å². The van der Waals surface area contributed by atoms with Crippen molar-refractivity contribution in [3.05, 3.63) is 0 Å². The first-order valence-corrected chi connectivity index (χ1v) is 7.12. The highest BCUT2D eigenvalue weighted by atomic mass is 16.5. The highest BCUT2D eigenvalue weighted by molar-refractivity contribution is 5.78. The standard InChI is InChI=1S/C13H25N3O2/c1-2-18-12-4-3-7-16(10-12)13(17)11-15-8-5-14-6-9-15/h12,14H,2-11H2,1H3. The number of carbonyl (C=O) groups excluding carboxylic acids is 1. The van der Waals surface area contributed by atoms with Crippen molar-refractivity contribution in [1.82, 2.24) is 15.1 Å². The third-order valence-electron chi connectivity index (χ3n) is 3.70. The molecule has 5 nitrogen and oxygen atoms in total. The number of nitrogens with zero attached hydrogens (tertiary/aromatic N) is 2. The Labute approximate surface area is 109 Å². The highest BCUT2D eigenvalue weighted by Crippen LogP contribution is 2.13. The van der Waals surface area contributed by atoms with Crippen LogP contribution in [0.15, 0.2) is 0 Å². The number of rotatable bonds is 4. The molecule has 0 aromatic rings. The van der Waals surface area contributed by atoms with E-state index < -0.39 is 0 Å². The summed E-state index contributed by atoms with van der Waals surface area (Å²) in [5.74, 6) is 0.265. The van der Waals surface area contributed by atoms with Gasteiger partial charge in [-0.15, -0.1) is 0 Å². The maximum absolute atomic E-state index is 12.2. The van der Waals surface area contributed by atoms with Crippen molar-refractivity contribution in [2.24, 2.45) is 0 Å². The molecule has 0 bridgehead atoms. The fourth-order valence-corrected chi connectivity index (χ4v) is 2.70. The Morgan fingerprint density at radius 3 is 2.83 bits per heavy atom. The van der Waals surface area contributed by atoms with Gasteiger partial charge in [-0.2, -0.15) is 0 Å². The number of nitrogens with one attached hydrogen (secondary N) is 1. The van der Waals surface area contributed by atoms with Gasteiger partial charge in [-0.3, -0.25) is 9.69 Å². The highest BCUT2D eigenvalue weighted by Gasteiger charge is 2.25. The van der Waals surface area contributed by atoms with Crippen LogP contribution in [-0.4, -0.2) is 74.2 Å². The zero-order chi connectivity index (χ0) is 12.8. The number of amides is 1. The molecule has 1 atom stereocenters. The van der Waals surface area contributed by atoms with Gasteiger partial charge in [0.25, 0.3) is 0 Å². The maximum atomic E-state index is 12.2. The summed E-state index contributed by atoms with van der Waals surface area (Å²) >= 11 is 0. The van der Waals surface area contributed by atoms with Crippen LogP contribution in [0.4, 0.5) is 0 Å². The third-order valence-corrected chi connectivity index (χ3v) is 3.70. The number of likely N-dealkylation sites (tertiary alicyclic amines) is 1. The second-order valence-corrected chi connectivity index (χ2v) is 5.09. The second-order valence-electron chi connectivity index (χ2n) is 5.09. The average molecular weight is 255 g/mol. The van der Waals surface area contributed by atoms with Gasteiger partial charge in [0.1, 0.15) is 0 Å². The first-order valence-electron chi connectivity index (χ1n) is 7.12. The fourth-order valence-electron chi connectivity index (χ4n) is 2.70. The number of piperidine rings is 1. The van der Waals surface area contributed by atoms with Crippen LogP contribution in [0.2, 0.25) is 0 Å². The minimum Gasteiger partial charge on any atom is -0.377 e. The van der Waals surface area contributed by atoms with Crippen molar-refractivity contribution in [2.45, 2.75) is 25.9 Å². The topological polar surface area (TPSA) is 44.8 Å². The number of hydrogen-bond acceptors (Lipinski definition) is 4. The molecule has 2 aliphatic rings. The molecule has 2 rings (SSSR count). The molecule has 104 valence electrons. The summed E-state index contributed by atoms with van der Waals surface area (Å²) in [5, 5.41) is 3.30. The van der Waals surface area contributed by atoms with Crippen molar-refractivity contribution in [2.75, 3.05) is 52.4 Å². The Hall–Kier alpha value is -0.650. The second kappa shape index (κ2) is 7.07. The van der Waals surface area contributed by atoms with Crippen molar-refractivity contribution < 1.29 is 9.53 Å². The first kappa shape index (κ1) is 13.8. The maximum Gasteiger partial charge on any atom is 0.236 e. The normalized spacial score (nSPS) is 26.3. The largest absolute Gasteiger partial charge is 0.377 e. The molecule has 0 spiro atoms. The van der Waals surface area contributed by atoms with E-state index in [9.17, 15) is 4.79 Å². The number of hydrogen-bond donors (Lipinski definition) is 1. The van der Waals surface area contributed by atoms with Crippen LogP contribution in [0, 0.1) is 0 Å². The van der Waals surface area contributed by atoms with Gasteiger partial charge in [-0.25, -0.2) is 0 Å². The van der Waals surface area contributed by atoms with Crippen molar-refractivity contribution in [3.8, 4) is 0 Å². The molecule has 2 aliphatic heterocycles. The molecule has 2 fully saturated rings. The predicted octanol–water partition coefficient (Wildman–Crippen LogP) is -0.0809. The zero-order valence-corrected chi connectivity index (χ0v) is 11.4. The van der Waals surface area contributed by atoms with Gasteiger partial charge < -0.3 is 15.0 Å². The molecule has 0 aromatic carbocycles. The summed E-state index contributed by atoms with van der Waals surface area (Å²) in [7, 11) is 0. The number of carbonyl (C=O) groups is 1. The Morgan fingerprint density at radius 2 is 2.11 bits per heavy atom. The molecular formula is C13H25N3O2. The molecule has 5 heteroatoms. The van der Waals surface area contributed by atoms with E-state index in [1.54, 1.807) is 0 Å². The lowest BCUT2D eigenvalue weighted by Gasteiger charge is -2.35. The monoisotopic (exact) mass is 255 g/mol. The zero-order valence-electron chi connectivity index (χ0n) is 11.4. The average Bonchev–Trinajstić information content (AvgIpc) is 2.40. The molecule has 1 amide bonds. The van der Waals surface area contributed by atoms with Crippen molar-refractivity contribution in [3.63, 3.8) is 0 Å². The smallest absolute Gasteiger partial charge is 0.236 e. The van der Waals surface area contributed by atoms with E-state index >= 15 is 0 Å². The van der Waals surface area contributed by atoms with Crippen LogP contribution in [-0.2, 0) is 9.53 Å². The Bertz CT molecular complexity index is 265. The van der Waals surface area contributed by atoms with Crippen LogP contribution in [0.25, 0.3) is 0 Å². The summed E-state index contributed by atoms with van der Waals surface area (Å²) in [6, 6.07) is 0. The van der Waals surface area contributed by atoms with E-state index in [0.717, 1.165) is 58.7 Å². The van der Waals surface area contributed by atoms with Crippen LogP contribution in [0.3, 0.4) is 0 Å². The van der Waals surface area contributed by atoms with E-state index in [1.165, 1.54) is 0 Å². The van der Waals surface area contributed by atoms with E-state index in [1.807, 2.05) is 11.8 Å². The van der Waals surface area contributed by atoms with Gasteiger partial charge in [0, 0.05) is 45.9 Å². The quantitative estimate of drug-likeness (QED) is 0.763. The van der Waals surface area contributed by atoms with E-state index in [4.69, 9.17) is 4.74 Å². The number of ether oxygens (including phenoxy) is 1. The summed E-state index contributed by atoms with van der Waals surface area (Å²) in [6.45, 7) is 8.95. The van der Waals surface area contributed by atoms with Gasteiger partial charge in [0.05, 0.1) is 12.6 Å². The number of piperazine rings is 1. The van der Waals surface area contributed by atoms with Crippen molar-refractivity contribution in [1.29, 1.82) is 0 Å². The Morgan fingerprint density at radius 1 is 1.33 bits per heavy atom. The lowest BCUT2D eigenvalue weighted by Crippen LogP contribution is -2.51. The summed E-state index contributed by atoms with van der Waals surface area (Å²) in [6.07, 6.45) is 2.40. The fraction of sp³-hybridized carbons (Fsp3) is 0.923. The Kier molecular flexibility index (Phi) is 5.41. The predicted molar refractivity (Wildman–Crippen MR) is 70.5 cm³/mol. The molecule has 0 saturated carbocycles. The van der Waals surface area contributed by atoms with Gasteiger partial charge in [0.2, 0.25) is 5.91 Å². The summed E-state index contributed by atoms with van der Waals surface area (Å²) in [5.41, 5.74) is 0. The molecule has 0 radical (unpaired) electrons. The van der Waals surface area contributed by atoms with Crippen LogP contribution in [0.1, 0.15) is 19.8 Å². The van der Waals surface area contributed by atoms with E-state index in [2.05, 4.69) is 10.2 Å². The minimum absolute atomic E-state index is 0.246. The van der Waals surface area contributed by atoms with Crippen molar-refractivity contribution >= 4 is 5.91 Å². The first-order chi connectivity index (χ1) is 8.79. The summed E-state index contributed by atoms with van der Waals surface area (Å²) in [4.78, 5) is 16.4. The van der Waals surface area contributed by atoms with Gasteiger partial charge in [-0.1, -0.05) is 0 Å². The molecule has 18 heavy (non-hydrogen) atoms. The lowest BCUT2D eigenvalue weighted by atomic mass is 10.1. The molecule has 2 heterocycles. The van der Waals surface area contributed by atoms with E-state index in [0.29, 0.717) is 6.54 Å². The lowest BCUT2D eigenvalue weighted by molar-refractivity contribution is -0.136. The van der Waals surface area contributed by atoms with E-state index in [-0.39, 0.29) is 12.0 Å². The minimum atomic E-state index is 0.246. The SMILES string of the molecule is CCOC1CCCN(C(=O)CN2CCNCC2)C1. The Balaban J connectivity index is 1.76. The van der Waals surface area contributed by atoms with Gasteiger partial charge in [-0.05, 0) is 19.8 Å². The molecule has 1 N–H and O–H groups in total. The third kappa shape index (κ3) is 3.93. The molecular weight excluding hydrogens is 230 g/mol. The molecule has 1 unspecified atom stereocenters.